The molecule has 0 bridgehead atoms. The van der Waals surface area contributed by atoms with Crippen molar-refractivity contribution < 1.29 is 52.1 Å². The fourth-order valence-electron chi connectivity index (χ4n) is 2.42. The van der Waals surface area contributed by atoms with Crippen molar-refractivity contribution in [3.63, 3.8) is 0 Å². The SMILES string of the molecule is O=S(=O)(OCC(F)(F)F)C(F)(F)F.O=c1[nH]ncn1-c1ccc(I)cn1.O=c1n(-c2ccc(I)cn2)cnn1CC(F)(F)F. The molecule has 13 nitrogen and oxygen atoms in total. The summed E-state index contributed by atoms with van der Waals surface area (Å²) in [5.41, 5.74) is -6.99. The fourth-order valence-corrected chi connectivity index (χ4v) is 3.48. The van der Waals surface area contributed by atoms with Gasteiger partial charge < -0.3 is 0 Å². The molecule has 4 aromatic rings. The summed E-state index contributed by atoms with van der Waals surface area (Å²) in [5.74, 6) is 0.799. The predicted octanol–water partition coefficient (Wildman–Crippen LogP) is 3.57. The molecule has 1 N–H and O–H groups in total. The van der Waals surface area contributed by atoms with E-state index in [0.717, 1.165) is 18.0 Å². The van der Waals surface area contributed by atoms with Crippen LogP contribution in [-0.4, -0.2) is 72.0 Å². The van der Waals surface area contributed by atoms with E-state index < -0.39 is 46.8 Å². The van der Waals surface area contributed by atoms with Gasteiger partial charge in [-0.1, -0.05) is 0 Å². The van der Waals surface area contributed by atoms with E-state index in [1.807, 2.05) is 28.7 Å². The number of nitrogens with zero attached hydrogens (tertiary/aromatic N) is 7. The average molecular weight is 890 g/mol. The van der Waals surface area contributed by atoms with Gasteiger partial charge in [-0.25, -0.2) is 38.5 Å². The Morgan fingerprint density at radius 2 is 1.32 bits per heavy atom. The Bertz CT molecular complexity index is 1730. The molecule has 0 fully saturated rings. The van der Waals surface area contributed by atoms with Crippen LogP contribution >= 0.6 is 45.2 Å². The van der Waals surface area contributed by atoms with E-state index >= 15 is 0 Å². The highest BCUT2D eigenvalue weighted by Gasteiger charge is 2.49. The molecule has 0 saturated heterocycles. The van der Waals surface area contributed by atoms with Crippen LogP contribution in [0.2, 0.25) is 0 Å². The van der Waals surface area contributed by atoms with Crippen molar-refractivity contribution in [3.8, 4) is 11.6 Å². The number of aromatic nitrogens is 8. The van der Waals surface area contributed by atoms with Crippen molar-refractivity contribution in [1.29, 1.82) is 0 Å². The number of hydrogen-bond acceptors (Lipinski definition) is 9. The Hall–Kier alpha value is -3.08. The highest BCUT2D eigenvalue weighted by atomic mass is 127. The lowest BCUT2D eigenvalue weighted by Crippen LogP contribution is -2.30. The number of alkyl halides is 9. The first-order chi connectivity index (χ1) is 20.1. The molecule has 242 valence electrons. The van der Waals surface area contributed by atoms with Crippen LogP contribution in [0.5, 0.6) is 0 Å². The van der Waals surface area contributed by atoms with E-state index in [1.54, 1.807) is 18.3 Å². The summed E-state index contributed by atoms with van der Waals surface area (Å²) in [6.45, 7) is -3.90. The van der Waals surface area contributed by atoms with Gasteiger partial charge in [0, 0.05) is 19.5 Å². The van der Waals surface area contributed by atoms with Crippen molar-refractivity contribution in [3.05, 3.63) is 77.4 Å². The molecule has 0 radical (unpaired) electrons. The Labute approximate surface area is 265 Å². The minimum atomic E-state index is -6.15. The summed E-state index contributed by atoms with van der Waals surface area (Å²) in [6, 6.07) is 6.86. The monoisotopic (exact) mass is 890 g/mol. The summed E-state index contributed by atoms with van der Waals surface area (Å²) in [6.07, 6.45) is -4.00. The minimum absolute atomic E-state index is 0.230. The van der Waals surface area contributed by atoms with Crippen LogP contribution in [0.25, 0.3) is 11.6 Å². The lowest BCUT2D eigenvalue weighted by molar-refractivity contribution is -0.156. The van der Waals surface area contributed by atoms with E-state index in [1.165, 1.54) is 23.2 Å². The van der Waals surface area contributed by atoms with Crippen LogP contribution in [0.15, 0.2) is 58.9 Å². The summed E-state index contributed by atoms with van der Waals surface area (Å²) in [5, 5.41) is 9.31. The van der Waals surface area contributed by atoms with Crippen LogP contribution in [0, 0.1) is 7.14 Å². The molecule has 0 atom stereocenters. The highest BCUT2D eigenvalue weighted by Crippen LogP contribution is 2.26. The number of nitrogens with one attached hydrogen (secondary N) is 1. The first-order valence-electron chi connectivity index (χ1n) is 10.7. The smallest absolute Gasteiger partial charge is 0.254 e. The maximum atomic E-state index is 12.2. The molecular weight excluding hydrogens is 877 g/mol. The fraction of sp³-hybridized carbons (Fsp3) is 0.263. The molecular formula is C19H13F9I2N8O5S. The standard InChI is InChI=1S/C9H6F3IN4O.C7H5IN4O.C3H2F6O3S/c10-9(11,12)4-17-8(18)16(5-15-17)7-2-1-6(13)3-14-7;8-5-1-2-6(9-3-5)12-4-10-11-7(12)13;4-2(5,6)1-12-13(10,11)3(7,8)9/h1-3,5H,4H2;1-4H,(H,11,13);1H2. The summed E-state index contributed by atoms with van der Waals surface area (Å²) >= 11 is 4.18. The lowest BCUT2D eigenvalue weighted by Gasteiger charge is -2.09. The summed E-state index contributed by atoms with van der Waals surface area (Å²) in [4.78, 5) is 30.8. The van der Waals surface area contributed by atoms with E-state index in [0.29, 0.717) is 10.5 Å². The number of pyridine rings is 2. The van der Waals surface area contributed by atoms with Gasteiger partial charge in [0.25, 0.3) is 0 Å². The van der Waals surface area contributed by atoms with Crippen LogP contribution in [0.3, 0.4) is 0 Å². The van der Waals surface area contributed by atoms with Gasteiger partial charge in [0.15, 0.2) is 6.61 Å². The topological polar surface area (TPSA) is 160 Å². The number of rotatable bonds is 5. The molecule has 0 aliphatic heterocycles. The normalized spacial score (nSPS) is 12.2. The van der Waals surface area contributed by atoms with E-state index in [-0.39, 0.29) is 11.5 Å². The van der Waals surface area contributed by atoms with Gasteiger partial charge in [0.2, 0.25) is 0 Å². The van der Waals surface area contributed by atoms with E-state index in [2.05, 4.69) is 52.0 Å². The number of halogens is 11. The van der Waals surface area contributed by atoms with Crippen molar-refractivity contribution in [2.45, 2.75) is 24.4 Å². The van der Waals surface area contributed by atoms with Crippen LogP contribution in [0.4, 0.5) is 39.5 Å². The third kappa shape index (κ3) is 11.8. The van der Waals surface area contributed by atoms with Crippen LogP contribution in [-0.2, 0) is 20.8 Å². The van der Waals surface area contributed by atoms with Crippen LogP contribution in [0.1, 0.15) is 0 Å². The van der Waals surface area contributed by atoms with Gasteiger partial charge in [-0.05, 0) is 69.4 Å². The number of aromatic amines is 1. The zero-order valence-corrected chi connectivity index (χ0v) is 25.9. The molecule has 25 heteroatoms. The second-order valence-electron chi connectivity index (χ2n) is 7.53. The molecule has 0 aromatic carbocycles. The molecule has 44 heavy (non-hydrogen) atoms. The van der Waals surface area contributed by atoms with Crippen molar-refractivity contribution in [2.75, 3.05) is 6.61 Å². The first-order valence-corrected chi connectivity index (χ1v) is 14.3. The predicted molar refractivity (Wildman–Crippen MR) is 146 cm³/mol. The van der Waals surface area contributed by atoms with E-state index in [4.69, 9.17) is 0 Å². The Morgan fingerprint density at radius 1 is 0.795 bits per heavy atom. The molecule has 0 saturated carbocycles. The Kier molecular flexibility index (Phi) is 12.5. The zero-order valence-electron chi connectivity index (χ0n) is 20.8. The van der Waals surface area contributed by atoms with Gasteiger partial charge in [-0.3, -0.25) is 4.18 Å². The highest BCUT2D eigenvalue weighted by molar-refractivity contribution is 14.1. The summed E-state index contributed by atoms with van der Waals surface area (Å²) in [7, 11) is -6.15. The number of H-pyrrole nitrogens is 1. The van der Waals surface area contributed by atoms with Gasteiger partial charge in [0.1, 0.15) is 30.8 Å². The maximum Gasteiger partial charge on any atom is 0.523 e. The van der Waals surface area contributed by atoms with Crippen molar-refractivity contribution >= 4 is 55.3 Å². The van der Waals surface area contributed by atoms with Gasteiger partial charge >= 0.3 is 39.4 Å². The molecule has 4 heterocycles. The minimum Gasteiger partial charge on any atom is -0.254 e. The quantitative estimate of drug-likeness (QED) is 0.137. The average Bonchev–Trinajstić information content (AvgIpc) is 3.48. The zero-order chi connectivity index (χ0) is 33.5. The van der Waals surface area contributed by atoms with Crippen LogP contribution < -0.4 is 11.4 Å². The summed E-state index contributed by atoms with van der Waals surface area (Å²) < 4.78 is 131. The molecule has 4 aromatic heterocycles. The third-order valence-corrected chi connectivity index (χ3v) is 6.46. The van der Waals surface area contributed by atoms with Gasteiger partial charge in [-0.2, -0.15) is 58.1 Å². The molecule has 0 unspecified atom stereocenters. The number of hydrogen-bond donors (Lipinski definition) is 1. The van der Waals surface area contributed by atoms with Crippen molar-refractivity contribution in [2.24, 2.45) is 0 Å². The Morgan fingerprint density at radius 3 is 1.70 bits per heavy atom. The molecule has 0 aliphatic carbocycles. The van der Waals surface area contributed by atoms with E-state index in [9.17, 15) is 57.5 Å². The molecule has 4 rings (SSSR count). The lowest BCUT2D eigenvalue weighted by atomic mass is 10.5. The third-order valence-electron chi connectivity index (χ3n) is 4.19. The second-order valence-corrected chi connectivity index (χ2v) is 11.6. The molecule has 0 aliphatic rings. The largest absolute Gasteiger partial charge is 0.523 e. The second kappa shape index (κ2) is 14.8. The van der Waals surface area contributed by atoms with Crippen molar-refractivity contribution in [1.82, 2.24) is 39.1 Å². The molecule has 0 amide bonds. The maximum absolute atomic E-state index is 12.2. The van der Waals surface area contributed by atoms with Gasteiger partial charge in [0.05, 0.1) is 0 Å². The Balaban J connectivity index is 0.000000235. The first kappa shape index (κ1) is 37.1. The molecule has 0 spiro atoms. The van der Waals surface area contributed by atoms with Gasteiger partial charge in [-0.15, -0.1) is 0 Å².